The predicted molar refractivity (Wildman–Crippen MR) is 129 cm³/mol. The molecule has 8 nitrogen and oxygen atoms in total. The Morgan fingerprint density at radius 3 is 2.75 bits per heavy atom. The fraction of sp³-hybridized carbons (Fsp3) is 0.500. The Kier molecular flexibility index (Phi) is 8.44. The molecule has 174 valence electrons. The summed E-state index contributed by atoms with van der Waals surface area (Å²) < 4.78 is 11.2. The van der Waals surface area contributed by atoms with Gasteiger partial charge in [0, 0.05) is 50.7 Å². The van der Waals surface area contributed by atoms with Gasteiger partial charge in [-0.15, -0.1) is 0 Å². The number of aromatic nitrogens is 1. The van der Waals surface area contributed by atoms with Crippen LogP contribution in [0.25, 0.3) is 11.3 Å². The van der Waals surface area contributed by atoms with Crippen molar-refractivity contribution in [2.45, 2.75) is 44.9 Å². The van der Waals surface area contributed by atoms with Crippen LogP contribution in [-0.4, -0.2) is 67.9 Å². The number of pyridine rings is 1. The van der Waals surface area contributed by atoms with Crippen molar-refractivity contribution in [1.29, 1.82) is 5.41 Å². The summed E-state index contributed by atoms with van der Waals surface area (Å²) in [5.41, 5.74) is 8.89. The predicted octanol–water partition coefficient (Wildman–Crippen LogP) is 2.88. The molecule has 1 atom stereocenters. The summed E-state index contributed by atoms with van der Waals surface area (Å²) in [6, 6.07) is 10.2. The summed E-state index contributed by atoms with van der Waals surface area (Å²) in [6.07, 6.45) is 2.57. The molecule has 2 aromatic rings. The Labute approximate surface area is 190 Å². The number of rotatable bonds is 10. The quantitative estimate of drug-likeness (QED) is 0.419. The average molecular weight is 442 g/mol. The zero-order valence-corrected chi connectivity index (χ0v) is 19.2. The molecule has 1 aromatic carbocycles. The first-order valence-corrected chi connectivity index (χ1v) is 11.2. The highest BCUT2D eigenvalue weighted by molar-refractivity contribution is 5.94. The van der Waals surface area contributed by atoms with E-state index >= 15 is 0 Å². The van der Waals surface area contributed by atoms with Crippen LogP contribution in [0.15, 0.2) is 30.3 Å². The summed E-state index contributed by atoms with van der Waals surface area (Å²) in [5, 5.41) is 21.2. The van der Waals surface area contributed by atoms with Crippen molar-refractivity contribution in [3.63, 3.8) is 0 Å². The zero-order chi connectivity index (χ0) is 23.1. The third-order valence-electron chi connectivity index (χ3n) is 5.57. The first-order chi connectivity index (χ1) is 15.4. The second kappa shape index (κ2) is 11.3. The average Bonchev–Trinajstić information content (AvgIpc) is 2.81. The number of nitrogens with zero attached hydrogens (tertiary/aromatic N) is 2. The molecule has 2 heterocycles. The monoisotopic (exact) mass is 441 g/mol. The highest BCUT2D eigenvalue weighted by Crippen LogP contribution is 2.34. The molecule has 1 aromatic heterocycles. The lowest BCUT2D eigenvalue weighted by atomic mass is 10.0. The van der Waals surface area contributed by atoms with Gasteiger partial charge in [-0.1, -0.05) is 12.1 Å². The standard InChI is InChI=1S/C24H35N5O3/c1-16(2)27-24-21(14-26)23(29(3)18-7-9-31-10-8-18)12-22(28-24)17-5-4-6-20(11-17)32-15-19(30)13-25/h4-6,11-12,14,16,18-19,26,30H,7-10,13,15,25H2,1-3H3,(H,27,28). The van der Waals surface area contributed by atoms with Crippen molar-refractivity contribution in [2.75, 3.05) is 43.6 Å². The molecule has 1 saturated heterocycles. The molecular formula is C24H35N5O3. The van der Waals surface area contributed by atoms with Crippen LogP contribution >= 0.6 is 0 Å². The van der Waals surface area contributed by atoms with Crippen LogP contribution < -0.4 is 20.7 Å². The van der Waals surface area contributed by atoms with E-state index in [4.69, 9.17) is 25.6 Å². The third kappa shape index (κ3) is 5.97. The number of hydrogen-bond acceptors (Lipinski definition) is 8. The number of anilines is 2. The molecule has 3 rings (SSSR count). The minimum Gasteiger partial charge on any atom is -0.491 e. The van der Waals surface area contributed by atoms with Crippen LogP contribution in [0.2, 0.25) is 0 Å². The van der Waals surface area contributed by atoms with Crippen molar-refractivity contribution >= 4 is 17.7 Å². The van der Waals surface area contributed by atoms with Gasteiger partial charge < -0.3 is 35.9 Å². The molecule has 0 radical (unpaired) electrons. The number of hydrogen-bond donors (Lipinski definition) is 4. The van der Waals surface area contributed by atoms with E-state index in [1.54, 1.807) is 0 Å². The molecule has 1 unspecified atom stereocenters. The van der Waals surface area contributed by atoms with E-state index in [1.807, 2.05) is 30.3 Å². The fourth-order valence-electron chi connectivity index (χ4n) is 3.78. The Balaban J connectivity index is 2.01. The number of nitrogens with one attached hydrogen (secondary N) is 2. The van der Waals surface area contributed by atoms with Gasteiger partial charge in [0.25, 0.3) is 0 Å². The minimum atomic E-state index is -0.703. The van der Waals surface area contributed by atoms with Gasteiger partial charge in [-0.25, -0.2) is 4.98 Å². The molecule has 8 heteroatoms. The number of benzene rings is 1. The smallest absolute Gasteiger partial charge is 0.137 e. The maximum absolute atomic E-state index is 9.70. The number of aliphatic hydroxyl groups is 1. The van der Waals surface area contributed by atoms with Crippen molar-refractivity contribution < 1.29 is 14.6 Å². The number of aliphatic hydroxyl groups excluding tert-OH is 1. The Morgan fingerprint density at radius 2 is 2.09 bits per heavy atom. The van der Waals surface area contributed by atoms with Gasteiger partial charge in [-0.3, -0.25) is 0 Å². The van der Waals surface area contributed by atoms with E-state index in [1.165, 1.54) is 6.21 Å². The molecule has 0 aliphatic carbocycles. The van der Waals surface area contributed by atoms with Crippen LogP contribution in [0.3, 0.4) is 0 Å². The molecule has 1 aliphatic heterocycles. The number of nitrogens with two attached hydrogens (primary N) is 1. The van der Waals surface area contributed by atoms with Gasteiger partial charge in [-0.2, -0.15) is 0 Å². The molecule has 0 amide bonds. The third-order valence-corrected chi connectivity index (χ3v) is 5.57. The van der Waals surface area contributed by atoms with E-state index in [0.29, 0.717) is 17.6 Å². The maximum atomic E-state index is 9.70. The summed E-state index contributed by atoms with van der Waals surface area (Å²) in [7, 11) is 2.08. The van der Waals surface area contributed by atoms with Crippen molar-refractivity contribution in [2.24, 2.45) is 5.73 Å². The van der Waals surface area contributed by atoms with Gasteiger partial charge in [0.2, 0.25) is 0 Å². The van der Waals surface area contributed by atoms with E-state index in [2.05, 4.69) is 31.1 Å². The Hall–Kier alpha value is -2.68. The minimum absolute atomic E-state index is 0.137. The van der Waals surface area contributed by atoms with Crippen LogP contribution in [0.1, 0.15) is 32.3 Å². The van der Waals surface area contributed by atoms with Gasteiger partial charge in [0.15, 0.2) is 0 Å². The van der Waals surface area contributed by atoms with E-state index in [9.17, 15) is 5.11 Å². The molecule has 0 spiro atoms. The first kappa shape index (κ1) is 24.0. The maximum Gasteiger partial charge on any atom is 0.137 e. The number of ether oxygens (including phenoxy) is 2. The summed E-state index contributed by atoms with van der Waals surface area (Å²) >= 11 is 0. The van der Waals surface area contributed by atoms with E-state index in [0.717, 1.165) is 48.6 Å². The highest BCUT2D eigenvalue weighted by atomic mass is 16.5. The molecule has 32 heavy (non-hydrogen) atoms. The van der Waals surface area contributed by atoms with Gasteiger partial charge in [0.05, 0.1) is 16.9 Å². The lowest BCUT2D eigenvalue weighted by Gasteiger charge is -2.34. The Morgan fingerprint density at radius 1 is 1.34 bits per heavy atom. The van der Waals surface area contributed by atoms with Crippen molar-refractivity contribution in [3.05, 3.63) is 35.9 Å². The normalized spacial score (nSPS) is 15.4. The second-order valence-electron chi connectivity index (χ2n) is 8.42. The second-order valence-corrected chi connectivity index (χ2v) is 8.42. The lowest BCUT2D eigenvalue weighted by Crippen LogP contribution is -2.37. The molecular weight excluding hydrogens is 406 g/mol. The Bertz CT molecular complexity index is 899. The zero-order valence-electron chi connectivity index (χ0n) is 19.2. The van der Waals surface area contributed by atoms with E-state index < -0.39 is 6.10 Å². The van der Waals surface area contributed by atoms with Crippen LogP contribution in [-0.2, 0) is 4.74 Å². The summed E-state index contributed by atoms with van der Waals surface area (Å²) in [5.74, 6) is 1.33. The fourth-order valence-corrected chi connectivity index (χ4v) is 3.78. The SMILES string of the molecule is CC(C)Nc1nc(-c2cccc(OCC(O)CN)c2)cc(N(C)C2CCOCC2)c1C=N. The molecule has 0 saturated carbocycles. The van der Waals surface area contributed by atoms with Gasteiger partial charge >= 0.3 is 0 Å². The summed E-state index contributed by atoms with van der Waals surface area (Å²) in [4.78, 5) is 7.10. The van der Waals surface area contributed by atoms with Crippen molar-refractivity contribution in [3.8, 4) is 17.0 Å². The van der Waals surface area contributed by atoms with Crippen molar-refractivity contribution in [1.82, 2.24) is 4.98 Å². The molecule has 1 aliphatic rings. The van der Waals surface area contributed by atoms with Crippen LogP contribution in [0.4, 0.5) is 11.5 Å². The topological polar surface area (TPSA) is 117 Å². The molecule has 0 bridgehead atoms. The molecule has 5 N–H and O–H groups in total. The highest BCUT2D eigenvalue weighted by Gasteiger charge is 2.23. The lowest BCUT2D eigenvalue weighted by molar-refractivity contribution is 0.0855. The van der Waals surface area contributed by atoms with Crippen LogP contribution in [0, 0.1) is 5.41 Å². The summed E-state index contributed by atoms with van der Waals surface area (Å²) in [6.45, 7) is 5.90. The first-order valence-electron chi connectivity index (χ1n) is 11.2. The van der Waals surface area contributed by atoms with Gasteiger partial charge in [-0.05, 0) is 44.9 Å². The van der Waals surface area contributed by atoms with Crippen LogP contribution in [0.5, 0.6) is 5.75 Å². The largest absolute Gasteiger partial charge is 0.491 e. The van der Waals surface area contributed by atoms with E-state index in [-0.39, 0.29) is 19.2 Å². The van der Waals surface area contributed by atoms with Gasteiger partial charge in [0.1, 0.15) is 24.3 Å². The molecule has 1 fully saturated rings.